The lowest BCUT2D eigenvalue weighted by atomic mass is 10.2. The molecular weight excluding hydrogens is 350 g/mol. The highest BCUT2D eigenvalue weighted by atomic mass is 35.5. The lowest BCUT2D eigenvalue weighted by Crippen LogP contribution is -2.49. The van der Waals surface area contributed by atoms with Gasteiger partial charge in [-0.25, -0.2) is 13.4 Å². The Bertz CT molecular complexity index is 648. The van der Waals surface area contributed by atoms with Gasteiger partial charge in [-0.05, 0) is 19.3 Å². The monoisotopic (exact) mass is 375 g/mol. The van der Waals surface area contributed by atoms with Crippen LogP contribution in [-0.4, -0.2) is 72.5 Å². The number of hydrogen-bond donors (Lipinski definition) is 1. The summed E-state index contributed by atoms with van der Waals surface area (Å²) in [6.07, 6.45) is 5.76. The van der Waals surface area contributed by atoms with Crippen molar-refractivity contribution in [2.75, 3.05) is 39.3 Å². The van der Waals surface area contributed by atoms with E-state index in [-0.39, 0.29) is 17.4 Å². The number of fused-ring (bicyclic) bond motifs is 1. The predicted octanol–water partition coefficient (Wildman–Crippen LogP) is 0.309. The van der Waals surface area contributed by atoms with Crippen molar-refractivity contribution in [1.82, 2.24) is 24.1 Å². The van der Waals surface area contributed by atoms with Crippen LogP contribution in [0.4, 0.5) is 0 Å². The molecule has 4 rings (SSSR count). The number of sulfonamides is 1. The van der Waals surface area contributed by atoms with Crippen molar-refractivity contribution in [2.45, 2.75) is 43.3 Å². The molecule has 1 atom stereocenters. The first-order valence-corrected chi connectivity index (χ1v) is 10.1. The molecule has 2 saturated heterocycles. The van der Waals surface area contributed by atoms with Gasteiger partial charge in [-0.15, -0.1) is 12.4 Å². The lowest BCUT2D eigenvalue weighted by Gasteiger charge is -2.32. The maximum Gasteiger partial charge on any atom is 0.262 e. The fraction of sp³-hybridized carbons (Fsp3) is 0.800. The largest absolute Gasteiger partial charge is 0.333 e. The van der Waals surface area contributed by atoms with Crippen LogP contribution in [0, 0.1) is 0 Å². The fourth-order valence-electron chi connectivity index (χ4n) is 3.92. The molecule has 1 aromatic rings. The van der Waals surface area contributed by atoms with Gasteiger partial charge in [0.25, 0.3) is 10.0 Å². The van der Waals surface area contributed by atoms with Crippen molar-refractivity contribution in [1.29, 1.82) is 0 Å². The molecule has 3 aliphatic heterocycles. The number of aryl methyl sites for hydroxylation is 2. The van der Waals surface area contributed by atoms with E-state index < -0.39 is 10.0 Å². The zero-order valence-corrected chi connectivity index (χ0v) is 15.5. The zero-order chi connectivity index (χ0) is 15.9. The van der Waals surface area contributed by atoms with Crippen LogP contribution in [0.5, 0.6) is 0 Å². The number of halogens is 1. The Labute approximate surface area is 149 Å². The first-order valence-electron chi connectivity index (χ1n) is 8.65. The second kappa shape index (κ2) is 7.29. The highest BCUT2D eigenvalue weighted by molar-refractivity contribution is 7.89. The van der Waals surface area contributed by atoms with E-state index in [1.165, 1.54) is 0 Å². The Morgan fingerprint density at radius 1 is 1.12 bits per heavy atom. The molecule has 0 amide bonds. The molecule has 24 heavy (non-hydrogen) atoms. The van der Waals surface area contributed by atoms with Crippen LogP contribution < -0.4 is 5.32 Å². The van der Waals surface area contributed by atoms with E-state index in [0.29, 0.717) is 19.1 Å². The first-order chi connectivity index (χ1) is 11.1. The molecule has 0 aliphatic carbocycles. The molecule has 1 N–H and O–H groups in total. The van der Waals surface area contributed by atoms with Crippen molar-refractivity contribution in [3.8, 4) is 0 Å². The molecule has 7 nitrogen and oxygen atoms in total. The molecule has 3 aliphatic rings. The summed E-state index contributed by atoms with van der Waals surface area (Å²) in [6.45, 7) is 6.12. The number of piperazine rings is 1. The fourth-order valence-corrected chi connectivity index (χ4v) is 5.38. The van der Waals surface area contributed by atoms with Crippen molar-refractivity contribution >= 4 is 22.4 Å². The molecule has 1 unspecified atom stereocenters. The van der Waals surface area contributed by atoms with Gasteiger partial charge in [-0.1, -0.05) is 0 Å². The Kier molecular flexibility index (Phi) is 5.51. The number of rotatable bonds is 3. The number of nitrogens with zero attached hydrogens (tertiary/aromatic N) is 4. The van der Waals surface area contributed by atoms with Crippen LogP contribution >= 0.6 is 12.4 Å². The van der Waals surface area contributed by atoms with E-state index in [1.807, 2.05) is 4.57 Å². The van der Waals surface area contributed by atoms with Gasteiger partial charge in [0.1, 0.15) is 5.82 Å². The summed E-state index contributed by atoms with van der Waals surface area (Å²) in [4.78, 5) is 6.84. The molecule has 0 saturated carbocycles. The van der Waals surface area contributed by atoms with Gasteiger partial charge in [-0.2, -0.15) is 4.31 Å². The predicted molar refractivity (Wildman–Crippen MR) is 94.0 cm³/mol. The molecule has 0 bridgehead atoms. The van der Waals surface area contributed by atoms with Crippen LogP contribution in [-0.2, 0) is 23.0 Å². The average Bonchev–Trinajstić information content (AvgIpc) is 3.23. The topological polar surface area (TPSA) is 70.5 Å². The number of imidazole rings is 1. The Balaban J connectivity index is 0.00000169. The van der Waals surface area contributed by atoms with Crippen LogP contribution in [0.3, 0.4) is 0 Å². The molecule has 2 fully saturated rings. The summed E-state index contributed by atoms with van der Waals surface area (Å²) in [5, 5.41) is 3.59. The molecule has 4 heterocycles. The van der Waals surface area contributed by atoms with E-state index in [4.69, 9.17) is 0 Å². The minimum Gasteiger partial charge on any atom is -0.333 e. The summed E-state index contributed by atoms with van der Waals surface area (Å²) in [5.41, 5.74) is 0. The van der Waals surface area contributed by atoms with Gasteiger partial charge in [-0.3, -0.25) is 4.90 Å². The van der Waals surface area contributed by atoms with Crippen LogP contribution in [0.1, 0.15) is 25.1 Å². The van der Waals surface area contributed by atoms with E-state index >= 15 is 0 Å². The first kappa shape index (κ1) is 18.1. The smallest absolute Gasteiger partial charge is 0.262 e. The van der Waals surface area contributed by atoms with Crippen molar-refractivity contribution in [3.63, 3.8) is 0 Å². The summed E-state index contributed by atoms with van der Waals surface area (Å²) >= 11 is 0. The maximum absolute atomic E-state index is 12.9. The van der Waals surface area contributed by atoms with Gasteiger partial charge >= 0.3 is 0 Å². The van der Waals surface area contributed by atoms with Crippen molar-refractivity contribution in [2.24, 2.45) is 0 Å². The summed E-state index contributed by atoms with van der Waals surface area (Å²) in [5.74, 6) is 0.924. The number of aromatic nitrogens is 2. The van der Waals surface area contributed by atoms with Gasteiger partial charge < -0.3 is 9.88 Å². The van der Waals surface area contributed by atoms with Crippen molar-refractivity contribution < 1.29 is 8.42 Å². The summed E-state index contributed by atoms with van der Waals surface area (Å²) in [7, 11) is -3.45. The van der Waals surface area contributed by atoms with E-state index in [1.54, 1.807) is 10.5 Å². The summed E-state index contributed by atoms with van der Waals surface area (Å²) in [6, 6.07) is 0.351. The summed E-state index contributed by atoms with van der Waals surface area (Å²) < 4.78 is 29.4. The minimum atomic E-state index is -3.45. The highest BCUT2D eigenvalue weighted by Gasteiger charge is 2.37. The maximum atomic E-state index is 12.9. The third-order valence-corrected chi connectivity index (χ3v) is 7.02. The third kappa shape index (κ3) is 3.35. The Morgan fingerprint density at radius 3 is 2.67 bits per heavy atom. The standard InChI is InChI=1S/C15H25N5O2S.ClH/c21-23(22,15-12-19-7-2-1-3-14(19)17-15)20-8-4-13(11-20)18-9-5-16-6-10-18;/h12-13,16H,1-11H2;1H. The quantitative estimate of drug-likeness (QED) is 0.823. The number of hydrogen-bond acceptors (Lipinski definition) is 5. The van der Waals surface area contributed by atoms with Gasteiger partial charge in [0.05, 0.1) is 0 Å². The van der Waals surface area contributed by atoms with Gasteiger partial charge in [0, 0.05) is 64.5 Å². The zero-order valence-electron chi connectivity index (χ0n) is 13.9. The van der Waals surface area contributed by atoms with Crippen molar-refractivity contribution in [3.05, 3.63) is 12.0 Å². The molecule has 0 spiro atoms. The van der Waals surface area contributed by atoms with Crippen LogP contribution in [0.25, 0.3) is 0 Å². The normalized spacial score (nSPS) is 26.1. The second-order valence-electron chi connectivity index (χ2n) is 6.74. The Hall–Kier alpha value is -0.670. The SMILES string of the molecule is Cl.O=S(=O)(c1cn2c(n1)CCCC2)N1CCC(N2CCNCC2)C1. The molecule has 1 aromatic heterocycles. The molecular formula is C15H26ClN5O2S. The van der Waals surface area contributed by atoms with Gasteiger partial charge in [0.15, 0.2) is 5.03 Å². The van der Waals surface area contributed by atoms with Crippen LogP contribution in [0.2, 0.25) is 0 Å². The van der Waals surface area contributed by atoms with E-state index in [0.717, 1.165) is 64.2 Å². The minimum absolute atomic E-state index is 0. The molecule has 0 radical (unpaired) electrons. The van der Waals surface area contributed by atoms with E-state index in [9.17, 15) is 8.42 Å². The molecule has 9 heteroatoms. The highest BCUT2D eigenvalue weighted by Crippen LogP contribution is 2.25. The number of nitrogens with one attached hydrogen (secondary N) is 1. The molecule has 0 aromatic carbocycles. The Morgan fingerprint density at radius 2 is 1.92 bits per heavy atom. The van der Waals surface area contributed by atoms with Gasteiger partial charge in [0.2, 0.25) is 0 Å². The average molecular weight is 376 g/mol. The third-order valence-electron chi connectivity index (χ3n) is 5.28. The van der Waals surface area contributed by atoms with Crippen LogP contribution in [0.15, 0.2) is 11.2 Å². The van der Waals surface area contributed by atoms with E-state index in [2.05, 4.69) is 15.2 Å². The molecule has 136 valence electrons. The second-order valence-corrected chi connectivity index (χ2v) is 8.62. The lowest BCUT2D eigenvalue weighted by molar-refractivity contribution is 0.179.